The van der Waals surface area contributed by atoms with Crippen molar-refractivity contribution in [3.63, 3.8) is 0 Å². The van der Waals surface area contributed by atoms with Crippen LogP contribution in [0.1, 0.15) is 11.3 Å². The maximum atomic E-state index is 11.1. The lowest BCUT2D eigenvalue weighted by Gasteiger charge is -1.95. The van der Waals surface area contributed by atoms with Gasteiger partial charge in [0.15, 0.2) is 5.43 Å². The first-order valence-electron chi connectivity index (χ1n) is 3.16. The lowest BCUT2D eigenvalue weighted by molar-refractivity contribution is 0.536. The van der Waals surface area contributed by atoms with Crippen molar-refractivity contribution in [1.29, 1.82) is 0 Å². The highest BCUT2D eigenvalue weighted by Gasteiger charge is 1.99. The van der Waals surface area contributed by atoms with Crippen molar-refractivity contribution in [2.75, 3.05) is 0 Å². The fourth-order valence-electron chi connectivity index (χ4n) is 0.803. The summed E-state index contributed by atoms with van der Waals surface area (Å²) in [4.78, 5) is 11.1. The van der Waals surface area contributed by atoms with E-state index in [9.17, 15) is 4.79 Å². The molecule has 2 nitrogen and oxygen atoms in total. The van der Waals surface area contributed by atoms with Crippen molar-refractivity contribution >= 4 is 12.2 Å². The minimum Gasteiger partial charge on any atom is -0.464 e. The Kier molecular flexibility index (Phi) is 2.06. The Bertz CT molecular complexity index is 334. The van der Waals surface area contributed by atoms with Gasteiger partial charge in [0.25, 0.3) is 0 Å². The van der Waals surface area contributed by atoms with Gasteiger partial charge in [-0.2, -0.15) is 0 Å². The Morgan fingerprint density at radius 3 is 2.55 bits per heavy atom. The van der Waals surface area contributed by atoms with E-state index in [1.54, 1.807) is 0 Å². The van der Waals surface area contributed by atoms with Crippen LogP contribution in [0.3, 0.4) is 0 Å². The van der Waals surface area contributed by atoms with E-state index in [4.69, 9.17) is 4.42 Å². The molecule has 1 rings (SSSR count). The Balaban J connectivity index is 3.47. The third-order valence-electron chi connectivity index (χ3n) is 1.33. The predicted molar refractivity (Wildman–Crippen MR) is 45.2 cm³/mol. The molecule has 0 aliphatic carbocycles. The van der Waals surface area contributed by atoms with Crippen LogP contribution in [0.2, 0.25) is 0 Å². The van der Waals surface area contributed by atoms with Gasteiger partial charge in [-0.15, -0.1) is 0 Å². The smallest absolute Gasteiger partial charge is 0.192 e. The summed E-state index contributed by atoms with van der Waals surface area (Å²) in [6, 6.07) is 1.35. The van der Waals surface area contributed by atoms with Gasteiger partial charge < -0.3 is 4.42 Å². The molecule has 0 saturated carbocycles. The standard InChI is InChI=1S/C9H8O2/c1-3-7-8(10)5-6-11-9(7)4-2/h3-6H,1-2H2. The molecule has 0 unspecified atom stereocenters. The Morgan fingerprint density at radius 2 is 2.09 bits per heavy atom. The number of hydrogen-bond donors (Lipinski definition) is 0. The van der Waals surface area contributed by atoms with Crippen LogP contribution in [-0.2, 0) is 0 Å². The maximum Gasteiger partial charge on any atom is 0.192 e. The summed E-state index contributed by atoms with van der Waals surface area (Å²) in [5, 5.41) is 0. The largest absolute Gasteiger partial charge is 0.464 e. The fraction of sp³-hybridized carbons (Fsp3) is 0. The third-order valence-corrected chi connectivity index (χ3v) is 1.33. The molecule has 0 bridgehead atoms. The zero-order valence-electron chi connectivity index (χ0n) is 6.04. The van der Waals surface area contributed by atoms with Gasteiger partial charge in [0, 0.05) is 6.07 Å². The van der Waals surface area contributed by atoms with Crippen molar-refractivity contribution in [3.8, 4) is 0 Å². The summed E-state index contributed by atoms with van der Waals surface area (Å²) in [6.07, 6.45) is 4.29. The van der Waals surface area contributed by atoms with E-state index < -0.39 is 0 Å². The van der Waals surface area contributed by atoms with Crippen molar-refractivity contribution in [2.24, 2.45) is 0 Å². The van der Waals surface area contributed by atoms with Crippen molar-refractivity contribution in [1.82, 2.24) is 0 Å². The van der Waals surface area contributed by atoms with E-state index >= 15 is 0 Å². The van der Waals surface area contributed by atoms with Crippen LogP contribution in [0.4, 0.5) is 0 Å². The summed E-state index contributed by atoms with van der Waals surface area (Å²) in [5.74, 6) is 0.465. The molecule has 0 aliphatic rings. The van der Waals surface area contributed by atoms with Crippen molar-refractivity contribution in [2.45, 2.75) is 0 Å². The van der Waals surface area contributed by atoms with E-state index in [0.29, 0.717) is 11.3 Å². The van der Waals surface area contributed by atoms with Gasteiger partial charge in [-0.25, -0.2) is 0 Å². The molecular formula is C9H8O2. The number of hydrogen-bond acceptors (Lipinski definition) is 2. The summed E-state index contributed by atoms with van der Waals surface area (Å²) in [7, 11) is 0. The van der Waals surface area contributed by atoms with Gasteiger partial charge in [0.2, 0.25) is 0 Å². The van der Waals surface area contributed by atoms with E-state index in [1.807, 2.05) is 0 Å². The zero-order valence-corrected chi connectivity index (χ0v) is 6.04. The predicted octanol–water partition coefficient (Wildman–Crippen LogP) is 1.93. The summed E-state index contributed by atoms with van der Waals surface area (Å²) >= 11 is 0. The van der Waals surface area contributed by atoms with Crippen molar-refractivity contribution in [3.05, 3.63) is 47.0 Å². The molecule has 0 aromatic carbocycles. The van der Waals surface area contributed by atoms with Gasteiger partial charge in [0.05, 0.1) is 11.8 Å². The quantitative estimate of drug-likeness (QED) is 0.641. The lowest BCUT2D eigenvalue weighted by atomic mass is 10.2. The molecule has 0 fully saturated rings. The maximum absolute atomic E-state index is 11.1. The van der Waals surface area contributed by atoms with Crippen LogP contribution < -0.4 is 5.43 Å². The Morgan fingerprint density at radius 1 is 1.36 bits per heavy atom. The minimum atomic E-state index is -0.0962. The van der Waals surface area contributed by atoms with Gasteiger partial charge >= 0.3 is 0 Å². The normalized spacial score (nSPS) is 9.09. The summed E-state index contributed by atoms with van der Waals surface area (Å²) < 4.78 is 4.99. The van der Waals surface area contributed by atoms with Crippen LogP contribution in [0, 0.1) is 0 Å². The van der Waals surface area contributed by atoms with Gasteiger partial charge in [-0.05, 0) is 6.08 Å². The molecular weight excluding hydrogens is 140 g/mol. The SMILES string of the molecule is C=Cc1occc(=O)c1C=C. The fourth-order valence-corrected chi connectivity index (χ4v) is 0.803. The van der Waals surface area contributed by atoms with Crippen LogP contribution in [-0.4, -0.2) is 0 Å². The second-order valence-electron chi connectivity index (χ2n) is 1.97. The molecule has 1 aromatic rings. The second-order valence-corrected chi connectivity index (χ2v) is 1.97. The highest BCUT2D eigenvalue weighted by Crippen LogP contribution is 2.05. The first-order valence-corrected chi connectivity index (χ1v) is 3.16. The molecule has 0 atom stereocenters. The van der Waals surface area contributed by atoms with E-state index in [0.717, 1.165) is 0 Å². The molecule has 0 spiro atoms. The molecule has 0 aliphatic heterocycles. The summed E-state index contributed by atoms with van der Waals surface area (Å²) in [5.41, 5.74) is 0.364. The molecule has 0 radical (unpaired) electrons. The first-order chi connectivity index (χ1) is 5.29. The van der Waals surface area contributed by atoms with Gasteiger partial charge in [0.1, 0.15) is 5.76 Å². The molecule has 0 saturated heterocycles. The average molecular weight is 148 g/mol. The average Bonchev–Trinajstić information content (AvgIpc) is 2.04. The topological polar surface area (TPSA) is 30.2 Å². The number of rotatable bonds is 2. The van der Waals surface area contributed by atoms with Crippen LogP contribution in [0.5, 0.6) is 0 Å². The van der Waals surface area contributed by atoms with E-state index in [1.165, 1.54) is 24.5 Å². The Labute approximate surface area is 64.5 Å². The molecule has 11 heavy (non-hydrogen) atoms. The first kappa shape index (κ1) is 7.54. The van der Waals surface area contributed by atoms with Gasteiger partial charge in [-0.1, -0.05) is 19.2 Å². The van der Waals surface area contributed by atoms with Crippen molar-refractivity contribution < 1.29 is 4.42 Å². The highest BCUT2D eigenvalue weighted by atomic mass is 16.3. The second kappa shape index (κ2) is 3.01. The lowest BCUT2D eigenvalue weighted by Crippen LogP contribution is -2.03. The molecule has 1 heterocycles. The molecule has 56 valence electrons. The molecule has 1 aromatic heterocycles. The monoisotopic (exact) mass is 148 g/mol. The van der Waals surface area contributed by atoms with Crippen LogP contribution >= 0.6 is 0 Å². The van der Waals surface area contributed by atoms with E-state index in [-0.39, 0.29) is 5.43 Å². The third kappa shape index (κ3) is 1.29. The van der Waals surface area contributed by atoms with Crippen LogP contribution in [0.15, 0.2) is 34.7 Å². The molecule has 2 heteroatoms. The summed E-state index contributed by atoms with van der Waals surface area (Å²) in [6.45, 7) is 6.99. The zero-order chi connectivity index (χ0) is 8.27. The van der Waals surface area contributed by atoms with Crippen LogP contribution in [0.25, 0.3) is 12.2 Å². The highest BCUT2D eigenvalue weighted by molar-refractivity contribution is 5.58. The van der Waals surface area contributed by atoms with Gasteiger partial charge in [-0.3, -0.25) is 4.79 Å². The Hall–Kier alpha value is -1.57. The molecule has 0 amide bonds. The minimum absolute atomic E-state index is 0.0962. The molecule has 0 N–H and O–H groups in total. The van der Waals surface area contributed by atoms with E-state index in [2.05, 4.69) is 13.2 Å².